The van der Waals surface area contributed by atoms with Crippen molar-refractivity contribution in [3.05, 3.63) is 81.5 Å². The summed E-state index contributed by atoms with van der Waals surface area (Å²) in [7, 11) is 4.08. The molecule has 4 aromatic rings. The van der Waals surface area contributed by atoms with Crippen molar-refractivity contribution < 1.29 is 15.0 Å². The molecular formula is C25H26N4O4. The summed E-state index contributed by atoms with van der Waals surface area (Å²) < 4.78 is 2.14. The molecule has 0 saturated heterocycles. The number of hydrogen-bond donors (Lipinski definition) is 3. The van der Waals surface area contributed by atoms with Gasteiger partial charge in [-0.2, -0.15) is 0 Å². The minimum atomic E-state index is -1.45. The largest absolute Gasteiger partial charge is 0.506 e. The number of aryl methyl sites for hydroxylation is 1. The third kappa shape index (κ3) is 4.25. The van der Waals surface area contributed by atoms with E-state index in [9.17, 15) is 19.8 Å². The number of carbonyl (C=O) groups is 1. The summed E-state index contributed by atoms with van der Waals surface area (Å²) in [6, 6.07) is 11.9. The van der Waals surface area contributed by atoms with Crippen molar-refractivity contribution in [2.75, 3.05) is 7.05 Å². The van der Waals surface area contributed by atoms with E-state index in [1.165, 1.54) is 5.56 Å². The number of aromatic amines is 1. The fourth-order valence-electron chi connectivity index (χ4n) is 4.26. The number of H-pyrrole nitrogens is 1. The number of carboxylic acids is 1. The van der Waals surface area contributed by atoms with Crippen LogP contribution in [0.2, 0.25) is 0 Å². The van der Waals surface area contributed by atoms with E-state index < -0.39 is 22.8 Å². The van der Waals surface area contributed by atoms with Crippen LogP contribution in [-0.4, -0.2) is 42.7 Å². The zero-order chi connectivity index (χ0) is 23.7. The highest BCUT2D eigenvalue weighted by Gasteiger charge is 2.22. The van der Waals surface area contributed by atoms with Gasteiger partial charge in [0.15, 0.2) is 5.56 Å². The first kappa shape index (κ1) is 22.3. The van der Waals surface area contributed by atoms with Crippen LogP contribution in [-0.2, 0) is 26.6 Å². The summed E-state index contributed by atoms with van der Waals surface area (Å²) in [6.07, 6.45) is 3.95. The monoisotopic (exact) mass is 446 g/mol. The molecule has 0 aliphatic rings. The molecule has 3 N–H and O–H groups in total. The number of rotatable bonds is 7. The van der Waals surface area contributed by atoms with Crippen LogP contribution in [0.4, 0.5) is 0 Å². The van der Waals surface area contributed by atoms with Gasteiger partial charge in [-0.1, -0.05) is 13.0 Å². The second-order valence-electron chi connectivity index (χ2n) is 8.19. The molecule has 170 valence electrons. The molecule has 0 saturated carbocycles. The minimum Gasteiger partial charge on any atom is -0.506 e. The lowest BCUT2D eigenvalue weighted by atomic mass is 9.99. The van der Waals surface area contributed by atoms with Gasteiger partial charge in [0.2, 0.25) is 0 Å². The predicted molar refractivity (Wildman–Crippen MR) is 126 cm³/mol. The molecule has 0 fully saturated rings. The first-order valence-electron chi connectivity index (χ1n) is 10.7. The van der Waals surface area contributed by atoms with E-state index in [1.54, 1.807) is 19.3 Å². The van der Waals surface area contributed by atoms with Gasteiger partial charge in [0.1, 0.15) is 5.75 Å². The highest BCUT2D eigenvalue weighted by Crippen LogP contribution is 2.32. The average Bonchev–Trinajstić information content (AvgIpc) is 3.08. The molecule has 0 radical (unpaired) electrons. The number of nitrogens with one attached hydrogen (secondary N) is 1. The van der Waals surface area contributed by atoms with Gasteiger partial charge in [-0.15, -0.1) is 0 Å². The predicted octanol–water partition coefficient (Wildman–Crippen LogP) is 3.53. The van der Waals surface area contributed by atoms with Crippen molar-refractivity contribution in [3.63, 3.8) is 0 Å². The Morgan fingerprint density at radius 3 is 2.55 bits per heavy atom. The van der Waals surface area contributed by atoms with Gasteiger partial charge >= 0.3 is 5.97 Å². The average molecular weight is 447 g/mol. The summed E-state index contributed by atoms with van der Waals surface area (Å²) in [4.78, 5) is 32.7. The number of pyridine rings is 2. The summed E-state index contributed by atoms with van der Waals surface area (Å²) in [6.45, 7) is 3.35. The Labute approximate surface area is 190 Å². The number of fused-ring (bicyclic) bond motifs is 1. The van der Waals surface area contributed by atoms with Crippen LogP contribution in [0.1, 0.15) is 34.1 Å². The zero-order valence-electron chi connectivity index (χ0n) is 18.8. The van der Waals surface area contributed by atoms with Crippen molar-refractivity contribution in [2.45, 2.75) is 26.4 Å². The number of aromatic nitrogens is 3. The van der Waals surface area contributed by atoms with Crippen LogP contribution >= 0.6 is 0 Å². The molecule has 0 aliphatic carbocycles. The third-order valence-corrected chi connectivity index (χ3v) is 5.92. The molecule has 1 aromatic carbocycles. The van der Waals surface area contributed by atoms with Gasteiger partial charge in [0.05, 0.1) is 5.69 Å². The first-order valence-corrected chi connectivity index (χ1v) is 10.7. The maximum absolute atomic E-state index is 12.3. The molecule has 0 amide bonds. The van der Waals surface area contributed by atoms with Crippen molar-refractivity contribution in [3.8, 4) is 17.0 Å². The number of carboxylic acid groups (broad SMARTS) is 1. The van der Waals surface area contributed by atoms with Crippen LogP contribution in [0.25, 0.3) is 22.2 Å². The molecule has 3 heterocycles. The van der Waals surface area contributed by atoms with Crippen LogP contribution in [0.15, 0.2) is 53.6 Å². The number of hydrogen-bond acceptors (Lipinski definition) is 5. The Kier molecular flexibility index (Phi) is 6.02. The second-order valence-corrected chi connectivity index (χ2v) is 8.19. The van der Waals surface area contributed by atoms with Crippen LogP contribution in [0.5, 0.6) is 5.75 Å². The van der Waals surface area contributed by atoms with E-state index in [1.807, 2.05) is 37.4 Å². The number of aromatic hydroxyl groups is 1. The van der Waals surface area contributed by atoms with E-state index in [2.05, 4.69) is 32.5 Å². The highest BCUT2D eigenvalue weighted by atomic mass is 16.4. The van der Waals surface area contributed by atoms with Crippen molar-refractivity contribution in [1.29, 1.82) is 0 Å². The van der Waals surface area contributed by atoms with E-state index in [0.29, 0.717) is 23.2 Å². The van der Waals surface area contributed by atoms with Crippen LogP contribution < -0.4 is 5.56 Å². The molecule has 0 aliphatic heterocycles. The Balaban J connectivity index is 1.70. The lowest BCUT2D eigenvalue weighted by Gasteiger charge is -2.17. The number of benzene rings is 1. The topological polar surface area (TPSA) is 111 Å². The summed E-state index contributed by atoms with van der Waals surface area (Å²) in [5.41, 5.74) is 3.46. The van der Waals surface area contributed by atoms with E-state index >= 15 is 0 Å². The van der Waals surface area contributed by atoms with Gasteiger partial charge in [-0.25, -0.2) is 4.79 Å². The fourth-order valence-corrected chi connectivity index (χ4v) is 4.26. The third-order valence-electron chi connectivity index (χ3n) is 5.92. The van der Waals surface area contributed by atoms with Gasteiger partial charge in [0.25, 0.3) is 5.56 Å². The Bertz CT molecular complexity index is 1390. The first-order chi connectivity index (χ1) is 15.8. The molecule has 0 spiro atoms. The quantitative estimate of drug-likeness (QED) is 0.401. The summed E-state index contributed by atoms with van der Waals surface area (Å²) in [5.74, 6) is -1.93. The lowest BCUT2D eigenvalue weighted by molar-refractivity contribution is 0.0691. The van der Waals surface area contributed by atoms with Crippen molar-refractivity contribution in [2.24, 2.45) is 7.05 Å². The van der Waals surface area contributed by atoms with Crippen LogP contribution in [0, 0.1) is 0 Å². The normalized spacial score (nSPS) is 11.4. The Morgan fingerprint density at radius 1 is 1.15 bits per heavy atom. The van der Waals surface area contributed by atoms with Crippen molar-refractivity contribution in [1.82, 2.24) is 19.4 Å². The minimum absolute atomic E-state index is 0.371. The van der Waals surface area contributed by atoms with E-state index in [4.69, 9.17) is 0 Å². The molecule has 0 atom stereocenters. The second kappa shape index (κ2) is 8.91. The SMILES string of the molecule is CCc1c(-c2ccc3c(c2)cc(CN(C)Cc2ccncc2)n3C)[nH]c(=O)c(C(=O)O)c1O. The summed E-state index contributed by atoms with van der Waals surface area (Å²) in [5, 5.41) is 20.7. The molecule has 0 unspecified atom stereocenters. The smallest absolute Gasteiger partial charge is 0.345 e. The van der Waals surface area contributed by atoms with Crippen LogP contribution in [0.3, 0.4) is 0 Å². The summed E-state index contributed by atoms with van der Waals surface area (Å²) >= 11 is 0. The van der Waals surface area contributed by atoms with Gasteiger partial charge in [0, 0.05) is 54.7 Å². The number of aromatic carboxylic acids is 1. The van der Waals surface area contributed by atoms with E-state index in [0.717, 1.165) is 29.7 Å². The zero-order valence-corrected chi connectivity index (χ0v) is 18.8. The maximum Gasteiger partial charge on any atom is 0.345 e. The molecule has 0 bridgehead atoms. The molecule has 3 aromatic heterocycles. The standard InChI is InChI=1S/C25H26N4O4/c1-4-19-22(27-24(31)21(23(19)30)25(32)33)16-5-6-20-17(11-16)12-18(29(20)3)14-28(2)13-15-7-9-26-10-8-15/h5-12H,4,13-14H2,1-3H3,(H,32,33)(H2,27,30,31). The molecule has 8 heteroatoms. The number of nitrogens with zero attached hydrogens (tertiary/aromatic N) is 3. The Morgan fingerprint density at radius 2 is 1.88 bits per heavy atom. The molecule has 8 nitrogen and oxygen atoms in total. The molecular weight excluding hydrogens is 420 g/mol. The van der Waals surface area contributed by atoms with Crippen molar-refractivity contribution >= 4 is 16.9 Å². The van der Waals surface area contributed by atoms with Gasteiger partial charge in [-0.3, -0.25) is 14.7 Å². The van der Waals surface area contributed by atoms with E-state index in [-0.39, 0.29) is 0 Å². The molecule has 33 heavy (non-hydrogen) atoms. The lowest BCUT2D eigenvalue weighted by Crippen LogP contribution is -2.20. The molecule has 4 rings (SSSR count). The van der Waals surface area contributed by atoms with Gasteiger partial charge in [-0.05, 0) is 54.9 Å². The Hall–Kier alpha value is -3.91. The fraction of sp³-hybridized carbons (Fsp3) is 0.240. The van der Waals surface area contributed by atoms with Gasteiger partial charge < -0.3 is 19.8 Å². The highest BCUT2D eigenvalue weighted by molar-refractivity contribution is 5.92. The maximum atomic E-state index is 12.3.